The van der Waals surface area contributed by atoms with E-state index in [4.69, 9.17) is 4.74 Å². The van der Waals surface area contributed by atoms with E-state index in [0.29, 0.717) is 13.0 Å². The van der Waals surface area contributed by atoms with Crippen LogP contribution in [0.4, 0.5) is 0 Å². The largest absolute Gasteiger partial charge is 0.461 e. The van der Waals surface area contributed by atoms with Crippen LogP contribution in [-0.2, 0) is 9.53 Å². The molecule has 0 aliphatic carbocycles. The van der Waals surface area contributed by atoms with Crippen molar-refractivity contribution in [2.75, 3.05) is 6.61 Å². The summed E-state index contributed by atoms with van der Waals surface area (Å²) in [6, 6.07) is 0. The molecule has 0 aromatic heterocycles. The highest BCUT2D eigenvalue weighted by molar-refractivity contribution is 5.69. The van der Waals surface area contributed by atoms with E-state index in [1.54, 1.807) is 6.08 Å². The Kier molecular flexibility index (Phi) is 11.2. The third-order valence-corrected chi connectivity index (χ3v) is 2.35. The topological polar surface area (TPSA) is 26.3 Å². The summed E-state index contributed by atoms with van der Waals surface area (Å²) in [4.78, 5) is 11.1. The monoisotopic (exact) mass is 224 g/mol. The van der Waals surface area contributed by atoms with E-state index in [2.05, 4.69) is 25.7 Å². The number of rotatable bonds is 10. The van der Waals surface area contributed by atoms with Crippen molar-refractivity contribution in [2.24, 2.45) is 0 Å². The number of hydrogen-bond acceptors (Lipinski definition) is 2. The van der Waals surface area contributed by atoms with E-state index >= 15 is 0 Å². The van der Waals surface area contributed by atoms with Crippen molar-refractivity contribution in [2.45, 2.75) is 51.9 Å². The van der Waals surface area contributed by atoms with Gasteiger partial charge in [-0.3, -0.25) is 4.79 Å². The number of carbonyl (C=O) groups excluding carboxylic acids is 1. The minimum atomic E-state index is -0.103. The fourth-order valence-corrected chi connectivity index (χ4v) is 1.45. The zero-order chi connectivity index (χ0) is 12.1. The lowest BCUT2D eigenvalue weighted by atomic mass is 10.1. The molecular formula is C14H24O2. The molecule has 0 aromatic carbocycles. The van der Waals surface area contributed by atoms with Gasteiger partial charge in [0.25, 0.3) is 0 Å². The van der Waals surface area contributed by atoms with Gasteiger partial charge in [-0.25, -0.2) is 0 Å². The van der Waals surface area contributed by atoms with Crippen LogP contribution in [-0.4, -0.2) is 12.6 Å². The second-order valence-electron chi connectivity index (χ2n) is 3.85. The maximum absolute atomic E-state index is 11.1. The molecule has 0 heterocycles. The van der Waals surface area contributed by atoms with Gasteiger partial charge in [0, 0.05) is 6.42 Å². The van der Waals surface area contributed by atoms with E-state index in [9.17, 15) is 4.79 Å². The van der Waals surface area contributed by atoms with Crippen molar-refractivity contribution >= 4 is 5.97 Å². The van der Waals surface area contributed by atoms with E-state index in [1.165, 1.54) is 25.7 Å². The maximum atomic E-state index is 11.1. The molecule has 0 saturated carbocycles. The molecule has 0 spiro atoms. The van der Waals surface area contributed by atoms with Gasteiger partial charge in [0.1, 0.15) is 6.61 Å². The van der Waals surface area contributed by atoms with Gasteiger partial charge < -0.3 is 4.74 Å². The fraction of sp³-hybridized carbons (Fsp3) is 0.643. The van der Waals surface area contributed by atoms with Gasteiger partial charge in [-0.15, -0.1) is 0 Å². The number of unbranched alkanes of at least 4 members (excludes halogenated alkanes) is 5. The number of carbonyl (C=O) groups is 1. The summed E-state index contributed by atoms with van der Waals surface area (Å²) in [5.74, 6) is -0.103. The predicted octanol–water partition coefficient (Wildman–Crippen LogP) is 4.02. The number of allylic oxidation sites excluding steroid dienone is 2. The summed E-state index contributed by atoms with van der Waals surface area (Å²) in [6.45, 7) is 5.88. The lowest BCUT2D eigenvalue weighted by molar-refractivity contribution is -0.142. The van der Waals surface area contributed by atoms with Crippen LogP contribution in [0.1, 0.15) is 51.9 Å². The average molecular weight is 224 g/mol. The molecule has 0 saturated heterocycles. The smallest absolute Gasteiger partial charge is 0.306 e. The van der Waals surface area contributed by atoms with Crippen LogP contribution in [0.15, 0.2) is 24.8 Å². The van der Waals surface area contributed by atoms with Crippen LogP contribution < -0.4 is 0 Å². The second kappa shape index (κ2) is 12.0. The molecule has 92 valence electrons. The molecular weight excluding hydrogens is 200 g/mol. The first-order chi connectivity index (χ1) is 7.81. The van der Waals surface area contributed by atoms with E-state index < -0.39 is 0 Å². The second-order valence-corrected chi connectivity index (χ2v) is 3.85. The highest BCUT2D eigenvalue weighted by atomic mass is 16.5. The quantitative estimate of drug-likeness (QED) is 0.318. The Morgan fingerprint density at radius 1 is 1.19 bits per heavy atom. The number of hydrogen-bond donors (Lipinski definition) is 0. The third kappa shape index (κ3) is 11.0. The summed E-state index contributed by atoms with van der Waals surface area (Å²) < 4.78 is 4.88. The highest BCUT2D eigenvalue weighted by Crippen LogP contribution is 2.08. The molecule has 0 amide bonds. The van der Waals surface area contributed by atoms with Gasteiger partial charge >= 0.3 is 5.97 Å². The molecule has 0 bridgehead atoms. The molecule has 0 rings (SSSR count). The summed E-state index contributed by atoms with van der Waals surface area (Å²) >= 11 is 0. The molecule has 0 aliphatic rings. The summed E-state index contributed by atoms with van der Waals surface area (Å²) in [5.41, 5.74) is 0. The molecule has 0 unspecified atom stereocenters. The Labute approximate surface area is 99.4 Å². The molecule has 0 N–H and O–H groups in total. The predicted molar refractivity (Wildman–Crippen MR) is 68.3 cm³/mol. The van der Waals surface area contributed by atoms with Gasteiger partial charge in [0.15, 0.2) is 0 Å². The van der Waals surface area contributed by atoms with E-state index in [1.807, 2.05) is 0 Å². The summed E-state index contributed by atoms with van der Waals surface area (Å²) in [5, 5.41) is 0. The van der Waals surface area contributed by atoms with Crippen LogP contribution in [0.25, 0.3) is 0 Å². The van der Waals surface area contributed by atoms with Crippen LogP contribution in [0.3, 0.4) is 0 Å². The van der Waals surface area contributed by atoms with Crippen molar-refractivity contribution < 1.29 is 9.53 Å². The Morgan fingerprint density at radius 3 is 2.56 bits per heavy atom. The first-order valence-electron chi connectivity index (χ1n) is 6.19. The van der Waals surface area contributed by atoms with E-state index in [-0.39, 0.29) is 5.97 Å². The van der Waals surface area contributed by atoms with Crippen LogP contribution in [0.2, 0.25) is 0 Å². The SMILES string of the molecule is C=CCOC(=O)CCCCCCC/C=C/C. The minimum absolute atomic E-state index is 0.103. The summed E-state index contributed by atoms with van der Waals surface area (Å²) in [7, 11) is 0. The Morgan fingerprint density at radius 2 is 1.88 bits per heavy atom. The first kappa shape index (κ1) is 14.9. The summed E-state index contributed by atoms with van der Waals surface area (Å²) in [6.07, 6.45) is 13.4. The number of ether oxygens (including phenoxy) is 1. The first-order valence-corrected chi connectivity index (χ1v) is 6.19. The normalized spacial score (nSPS) is 10.6. The zero-order valence-corrected chi connectivity index (χ0v) is 10.4. The van der Waals surface area contributed by atoms with Crippen molar-refractivity contribution in [1.82, 2.24) is 0 Å². The third-order valence-electron chi connectivity index (χ3n) is 2.35. The fourth-order valence-electron chi connectivity index (χ4n) is 1.45. The van der Waals surface area contributed by atoms with Crippen molar-refractivity contribution in [3.05, 3.63) is 24.8 Å². The molecule has 2 heteroatoms. The molecule has 16 heavy (non-hydrogen) atoms. The van der Waals surface area contributed by atoms with Crippen LogP contribution >= 0.6 is 0 Å². The molecule has 0 fully saturated rings. The Hall–Kier alpha value is -1.05. The van der Waals surface area contributed by atoms with Crippen LogP contribution in [0.5, 0.6) is 0 Å². The highest BCUT2D eigenvalue weighted by Gasteiger charge is 2.00. The lowest BCUT2D eigenvalue weighted by Crippen LogP contribution is -2.03. The molecule has 0 radical (unpaired) electrons. The van der Waals surface area contributed by atoms with E-state index in [0.717, 1.165) is 12.8 Å². The Bertz CT molecular complexity index is 207. The van der Waals surface area contributed by atoms with Crippen LogP contribution in [0, 0.1) is 0 Å². The molecule has 0 aliphatic heterocycles. The maximum Gasteiger partial charge on any atom is 0.306 e. The zero-order valence-electron chi connectivity index (χ0n) is 10.4. The van der Waals surface area contributed by atoms with Gasteiger partial charge in [0.2, 0.25) is 0 Å². The standard InChI is InChI=1S/C14H24O2/c1-3-5-6-7-8-9-10-11-12-14(15)16-13-4-2/h3-5H,2,6-13H2,1H3/b5-3+. The van der Waals surface area contributed by atoms with Crippen molar-refractivity contribution in [1.29, 1.82) is 0 Å². The van der Waals surface area contributed by atoms with Gasteiger partial charge in [-0.1, -0.05) is 44.1 Å². The molecule has 0 aromatic rings. The van der Waals surface area contributed by atoms with Gasteiger partial charge in [0.05, 0.1) is 0 Å². The molecule has 0 atom stereocenters. The van der Waals surface area contributed by atoms with Gasteiger partial charge in [-0.05, 0) is 26.2 Å². The van der Waals surface area contributed by atoms with Crippen molar-refractivity contribution in [3.63, 3.8) is 0 Å². The van der Waals surface area contributed by atoms with Gasteiger partial charge in [-0.2, -0.15) is 0 Å². The minimum Gasteiger partial charge on any atom is -0.461 e. The van der Waals surface area contributed by atoms with Crippen molar-refractivity contribution in [3.8, 4) is 0 Å². The average Bonchev–Trinajstić information content (AvgIpc) is 2.30. The lowest BCUT2D eigenvalue weighted by Gasteiger charge is -2.01. The number of esters is 1. The molecule has 2 nitrogen and oxygen atoms in total. The Balaban J connectivity index is 3.14.